The summed E-state index contributed by atoms with van der Waals surface area (Å²) in [6, 6.07) is 5.58. The first-order chi connectivity index (χ1) is 7.66. The van der Waals surface area contributed by atoms with Crippen molar-refractivity contribution >= 4 is 0 Å². The highest BCUT2D eigenvalue weighted by Crippen LogP contribution is 2.35. The van der Waals surface area contributed by atoms with Gasteiger partial charge in [0.05, 0.1) is 0 Å². The van der Waals surface area contributed by atoms with Crippen LogP contribution in [-0.2, 0) is 0 Å². The van der Waals surface area contributed by atoms with E-state index in [0.717, 1.165) is 17.2 Å². The second kappa shape index (κ2) is 4.61. The van der Waals surface area contributed by atoms with Gasteiger partial charge in [-0.25, -0.2) is 0 Å². The van der Waals surface area contributed by atoms with Crippen LogP contribution in [0.5, 0.6) is 17.2 Å². The van der Waals surface area contributed by atoms with E-state index in [-0.39, 0.29) is 12.8 Å². The summed E-state index contributed by atoms with van der Waals surface area (Å²) in [7, 11) is 0. The maximum absolute atomic E-state index is 5.90. The monoisotopic (exact) mass is 223 g/mol. The first-order valence-electron chi connectivity index (χ1n) is 5.45. The predicted molar refractivity (Wildman–Crippen MR) is 60.9 cm³/mol. The summed E-state index contributed by atoms with van der Waals surface area (Å²) >= 11 is 0. The molecule has 0 spiro atoms. The Hall–Kier alpha value is -1.42. The Balaban J connectivity index is 1.95. The molecule has 0 bridgehead atoms. The molecule has 88 valence electrons. The van der Waals surface area contributed by atoms with Gasteiger partial charge in [-0.05, 0) is 18.1 Å². The van der Waals surface area contributed by atoms with Crippen LogP contribution in [0.3, 0.4) is 0 Å². The molecule has 2 rings (SSSR count). The van der Waals surface area contributed by atoms with Gasteiger partial charge in [0.15, 0.2) is 11.5 Å². The zero-order valence-electron chi connectivity index (χ0n) is 9.60. The van der Waals surface area contributed by atoms with Crippen LogP contribution in [0, 0.1) is 5.92 Å². The first kappa shape index (κ1) is 11.1. The van der Waals surface area contributed by atoms with Crippen LogP contribution in [0.2, 0.25) is 0 Å². The largest absolute Gasteiger partial charge is 0.492 e. The molecular weight excluding hydrogens is 206 g/mol. The van der Waals surface area contributed by atoms with Crippen molar-refractivity contribution in [3.05, 3.63) is 18.2 Å². The van der Waals surface area contributed by atoms with Gasteiger partial charge in [0, 0.05) is 12.1 Å². The molecule has 0 amide bonds. The molecule has 1 aromatic rings. The molecule has 2 N–H and O–H groups in total. The average molecular weight is 223 g/mol. The Morgan fingerprint density at radius 3 is 2.81 bits per heavy atom. The minimum atomic E-state index is 0.0467. The van der Waals surface area contributed by atoms with Crippen molar-refractivity contribution in [3.63, 3.8) is 0 Å². The lowest BCUT2D eigenvalue weighted by Crippen LogP contribution is -2.32. The van der Waals surface area contributed by atoms with Crippen molar-refractivity contribution in [1.29, 1.82) is 0 Å². The van der Waals surface area contributed by atoms with Gasteiger partial charge in [0.1, 0.15) is 12.4 Å². The Kier molecular flexibility index (Phi) is 3.19. The molecule has 1 aliphatic rings. The number of ether oxygens (including phenoxy) is 3. The summed E-state index contributed by atoms with van der Waals surface area (Å²) in [6.07, 6.45) is 0. The third-order valence-corrected chi connectivity index (χ3v) is 2.64. The van der Waals surface area contributed by atoms with Crippen LogP contribution >= 0.6 is 0 Å². The fourth-order valence-electron chi connectivity index (χ4n) is 1.35. The van der Waals surface area contributed by atoms with Crippen LogP contribution in [0.4, 0.5) is 0 Å². The van der Waals surface area contributed by atoms with Crippen molar-refractivity contribution in [2.75, 3.05) is 13.4 Å². The standard InChI is InChI=1S/C12H17NO3/c1-8(2)10(13)6-14-9-3-4-11-12(5-9)16-7-15-11/h3-5,8,10H,6-7,13H2,1-2H3/t10-/m0/s1. The topological polar surface area (TPSA) is 53.7 Å². The maximum Gasteiger partial charge on any atom is 0.231 e. The highest BCUT2D eigenvalue weighted by molar-refractivity contribution is 5.46. The van der Waals surface area contributed by atoms with Gasteiger partial charge in [-0.15, -0.1) is 0 Å². The average Bonchev–Trinajstić information content (AvgIpc) is 2.72. The molecule has 0 unspecified atom stereocenters. The molecule has 0 saturated heterocycles. The van der Waals surface area contributed by atoms with Gasteiger partial charge < -0.3 is 19.9 Å². The Morgan fingerprint density at radius 1 is 1.31 bits per heavy atom. The van der Waals surface area contributed by atoms with E-state index < -0.39 is 0 Å². The fraction of sp³-hybridized carbons (Fsp3) is 0.500. The van der Waals surface area contributed by atoms with Gasteiger partial charge in [-0.3, -0.25) is 0 Å². The summed E-state index contributed by atoms with van der Waals surface area (Å²) < 4.78 is 16.1. The van der Waals surface area contributed by atoms with E-state index in [0.29, 0.717) is 12.5 Å². The third-order valence-electron chi connectivity index (χ3n) is 2.64. The number of hydrogen-bond donors (Lipinski definition) is 1. The molecule has 1 heterocycles. The normalized spacial score (nSPS) is 15.2. The molecule has 1 aromatic carbocycles. The SMILES string of the molecule is CC(C)[C@@H](N)COc1ccc2c(c1)OCO2. The zero-order chi connectivity index (χ0) is 11.5. The summed E-state index contributed by atoms with van der Waals surface area (Å²) in [5.74, 6) is 2.67. The Morgan fingerprint density at radius 2 is 2.06 bits per heavy atom. The van der Waals surface area contributed by atoms with E-state index in [1.165, 1.54) is 0 Å². The van der Waals surface area contributed by atoms with Crippen LogP contribution in [0.1, 0.15) is 13.8 Å². The maximum atomic E-state index is 5.90. The molecule has 1 aliphatic heterocycles. The summed E-state index contributed by atoms with van der Waals surface area (Å²) in [5, 5.41) is 0. The lowest BCUT2D eigenvalue weighted by molar-refractivity contribution is 0.173. The third kappa shape index (κ3) is 2.39. The summed E-state index contributed by atoms with van der Waals surface area (Å²) in [5.41, 5.74) is 5.90. The van der Waals surface area contributed by atoms with E-state index in [2.05, 4.69) is 13.8 Å². The number of hydrogen-bond acceptors (Lipinski definition) is 4. The van der Waals surface area contributed by atoms with Crippen LogP contribution < -0.4 is 19.9 Å². The molecule has 0 aromatic heterocycles. The summed E-state index contributed by atoms with van der Waals surface area (Å²) in [6.45, 7) is 4.95. The van der Waals surface area contributed by atoms with Crippen molar-refractivity contribution in [3.8, 4) is 17.2 Å². The quantitative estimate of drug-likeness (QED) is 0.845. The first-order valence-corrected chi connectivity index (χ1v) is 5.45. The molecular formula is C12H17NO3. The second-order valence-electron chi connectivity index (χ2n) is 4.23. The van der Waals surface area contributed by atoms with Crippen molar-refractivity contribution in [2.45, 2.75) is 19.9 Å². The minimum Gasteiger partial charge on any atom is -0.492 e. The van der Waals surface area contributed by atoms with E-state index in [9.17, 15) is 0 Å². The highest BCUT2D eigenvalue weighted by atomic mass is 16.7. The van der Waals surface area contributed by atoms with Gasteiger partial charge >= 0.3 is 0 Å². The number of nitrogens with two attached hydrogens (primary N) is 1. The van der Waals surface area contributed by atoms with E-state index in [1.807, 2.05) is 18.2 Å². The zero-order valence-corrected chi connectivity index (χ0v) is 9.60. The fourth-order valence-corrected chi connectivity index (χ4v) is 1.35. The van der Waals surface area contributed by atoms with Crippen LogP contribution in [0.15, 0.2) is 18.2 Å². The molecule has 4 nitrogen and oxygen atoms in total. The minimum absolute atomic E-state index is 0.0467. The highest BCUT2D eigenvalue weighted by Gasteiger charge is 2.14. The predicted octanol–water partition coefficient (Wildman–Crippen LogP) is 1.78. The van der Waals surface area contributed by atoms with Gasteiger partial charge in [-0.2, -0.15) is 0 Å². The van der Waals surface area contributed by atoms with Gasteiger partial charge in [-0.1, -0.05) is 13.8 Å². The molecule has 0 aliphatic carbocycles. The summed E-state index contributed by atoms with van der Waals surface area (Å²) in [4.78, 5) is 0. The molecule has 0 radical (unpaired) electrons. The Bertz CT molecular complexity index is 365. The number of benzene rings is 1. The van der Waals surface area contributed by atoms with Gasteiger partial charge in [0.2, 0.25) is 6.79 Å². The van der Waals surface area contributed by atoms with Crippen molar-refractivity contribution in [1.82, 2.24) is 0 Å². The van der Waals surface area contributed by atoms with Gasteiger partial charge in [0.25, 0.3) is 0 Å². The van der Waals surface area contributed by atoms with Crippen molar-refractivity contribution in [2.24, 2.45) is 11.7 Å². The Labute approximate surface area is 95.3 Å². The number of rotatable bonds is 4. The van der Waals surface area contributed by atoms with E-state index in [4.69, 9.17) is 19.9 Å². The van der Waals surface area contributed by atoms with E-state index in [1.54, 1.807) is 0 Å². The van der Waals surface area contributed by atoms with Crippen LogP contribution in [-0.4, -0.2) is 19.4 Å². The van der Waals surface area contributed by atoms with E-state index >= 15 is 0 Å². The van der Waals surface area contributed by atoms with Crippen molar-refractivity contribution < 1.29 is 14.2 Å². The molecule has 0 saturated carbocycles. The smallest absolute Gasteiger partial charge is 0.231 e. The molecule has 1 atom stereocenters. The second-order valence-corrected chi connectivity index (χ2v) is 4.23. The molecule has 0 fully saturated rings. The molecule has 4 heteroatoms. The lowest BCUT2D eigenvalue weighted by Gasteiger charge is -2.16. The van der Waals surface area contributed by atoms with Crippen LogP contribution in [0.25, 0.3) is 0 Å². The molecule has 16 heavy (non-hydrogen) atoms. The number of fused-ring (bicyclic) bond motifs is 1. The lowest BCUT2D eigenvalue weighted by atomic mass is 10.1.